The molecule has 0 aliphatic heterocycles. The number of aryl methyl sites for hydroxylation is 1. The summed E-state index contributed by atoms with van der Waals surface area (Å²) in [5.41, 5.74) is -1.89. The minimum absolute atomic E-state index is 0.0658. The van der Waals surface area contributed by atoms with Crippen LogP contribution in [0.4, 0.5) is 22.0 Å². The number of hydrogen-bond acceptors (Lipinski definition) is 4. The highest BCUT2D eigenvalue weighted by Gasteiger charge is 2.40. The molecule has 3 rings (SSSR count). The molecule has 6 nitrogen and oxygen atoms in total. The summed E-state index contributed by atoms with van der Waals surface area (Å²) >= 11 is 0. The molecule has 2 heterocycles. The van der Waals surface area contributed by atoms with Gasteiger partial charge in [-0.05, 0) is 45.0 Å². The zero-order valence-corrected chi connectivity index (χ0v) is 18.0. The molecule has 0 aliphatic carbocycles. The summed E-state index contributed by atoms with van der Waals surface area (Å²) in [4.78, 5) is 17.1. The number of nitrogens with one attached hydrogen (secondary N) is 1. The average Bonchev–Trinajstić information content (AvgIpc) is 3.02. The second-order valence-electron chi connectivity index (χ2n) is 8.10. The number of rotatable bonds is 7. The van der Waals surface area contributed by atoms with Crippen molar-refractivity contribution in [1.29, 1.82) is 0 Å². The van der Waals surface area contributed by atoms with E-state index in [2.05, 4.69) is 10.3 Å². The Hall–Kier alpha value is -3.21. The summed E-state index contributed by atoms with van der Waals surface area (Å²) in [6.07, 6.45) is -4.60. The van der Waals surface area contributed by atoms with E-state index in [4.69, 9.17) is 4.74 Å². The second-order valence-corrected chi connectivity index (χ2v) is 8.10. The Balaban J connectivity index is 1.91. The van der Waals surface area contributed by atoms with Crippen LogP contribution in [-0.2, 0) is 6.61 Å². The monoisotopic (exact) mass is 471 g/mol. The van der Waals surface area contributed by atoms with Gasteiger partial charge in [-0.1, -0.05) is 6.07 Å². The molecule has 1 atom stereocenters. The summed E-state index contributed by atoms with van der Waals surface area (Å²) < 4.78 is 73.4. The number of aromatic nitrogens is 2. The van der Waals surface area contributed by atoms with Gasteiger partial charge in [0.25, 0.3) is 5.91 Å². The predicted molar refractivity (Wildman–Crippen MR) is 109 cm³/mol. The van der Waals surface area contributed by atoms with Gasteiger partial charge < -0.3 is 15.2 Å². The first-order chi connectivity index (χ1) is 15.3. The van der Waals surface area contributed by atoms with E-state index >= 15 is 0 Å². The van der Waals surface area contributed by atoms with E-state index in [0.717, 1.165) is 12.1 Å². The third-order valence-electron chi connectivity index (χ3n) is 5.03. The van der Waals surface area contributed by atoms with Gasteiger partial charge in [0.1, 0.15) is 23.9 Å². The van der Waals surface area contributed by atoms with Gasteiger partial charge in [-0.15, -0.1) is 0 Å². The molecule has 178 valence electrons. The molecule has 0 radical (unpaired) electrons. The van der Waals surface area contributed by atoms with Crippen molar-refractivity contribution in [3.8, 4) is 5.75 Å². The molecule has 2 aromatic heterocycles. The summed E-state index contributed by atoms with van der Waals surface area (Å²) in [5.74, 6) is -2.35. The maximum absolute atomic E-state index is 13.9. The van der Waals surface area contributed by atoms with Crippen molar-refractivity contribution in [2.75, 3.05) is 0 Å². The lowest BCUT2D eigenvalue weighted by molar-refractivity contribution is -0.151. The summed E-state index contributed by atoms with van der Waals surface area (Å²) in [7, 11) is 0. The number of imidazole rings is 1. The van der Waals surface area contributed by atoms with Gasteiger partial charge in [-0.2, -0.15) is 13.2 Å². The van der Waals surface area contributed by atoms with Crippen molar-refractivity contribution in [3.05, 3.63) is 65.1 Å². The lowest BCUT2D eigenvalue weighted by Gasteiger charge is -2.30. The number of ether oxygens (including phenoxy) is 1. The van der Waals surface area contributed by atoms with Crippen LogP contribution in [0.2, 0.25) is 0 Å². The highest BCUT2D eigenvalue weighted by molar-refractivity contribution is 5.95. The molecule has 0 aliphatic rings. The van der Waals surface area contributed by atoms with Gasteiger partial charge in [0.05, 0.1) is 29.3 Å². The molecule has 2 N–H and O–H groups in total. The van der Waals surface area contributed by atoms with Crippen LogP contribution in [0.25, 0.3) is 5.65 Å². The standard InChI is InChI=1S/C22H22F5N3O3/c1-12-18(20(31)29-17(21(2,3)32)10-22(25,26)27)30-9-5-8-16(19(30)28-12)33-11-13-14(23)6-4-7-15(13)24/h4-9,17,32H,10-11H2,1-3H3,(H,29,31). The maximum Gasteiger partial charge on any atom is 0.391 e. The van der Waals surface area contributed by atoms with Crippen molar-refractivity contribution in [1.82, 2.24) is 14.7 Å². The molecule has 0 saturated carbocycles. The van der Waals surface area contributed by atoms with Crippen molar-refractivity contribution in [2.24, 2.45) is 0 Å². The molecule has 1 amide bonds. The van der Waals surface area contributed by atoms with E-state index in [1.165, 1.54) is 49.6 Å². The molecular weight excluding hydrogens is 449 g/mol. The number of nitrogens with zero attached hydrogens (tertiary/aromatic N) is 2. The van der Waals surface area contributed by atoms with Gasteiger partial charge in [0.15, 0.2) is 11.4 Å². The first-order valence-corrected chi connectivity index (χ1v) is 9.91. The van der Waals surface area contributed by atoms with Crippen LogP contribution < -0.4 is 10.1 Å². The predicted octanol–water partition coefficient (Wildman–Crippen LogP) is 4.32. The van der Waals surface area contributed by atoms with Gasteiger partial charge in [0, 0.05) is 6.20 Å². The number of carbonyl (C=O) groups is 1. The van der Waals surface area contributed by atoms with Crippen LogP contribution in [0.1, 0.15) is 42.0 Å². The van der Waals surface area contributed by atoms with Crippen LogP contribution in [0.5, 0.6) is 5.75 Å². The maximum atomic E-state index is 13.9. The molecule has 0 saturated heterocycles. The lowest BCUT2D eigenvalue weighted by Crippen LogP contribution is -2.51. The Morgan fingerprint density at radius 2 is 1.82 bits per heavy atom. The highest BCUT2D eigenvalue weighted by atomic mass is 19.4. The SMILES string of the molecule is Cc1nc2c(OCc3c(F)cccc3F)cccn2c1C(=O)NC(CC(F)(F)F)C(C)(C)O. The number of carbonyl (C=O) groups excluding carboxylic acids is 1. The quantitative estimate of drug-likeness (QED) is 0.504. The molecule has 0 spiro atoms. The third-order valence-corrected chi connectivity index (χ3v) is 5.03. The Morgan fingerprint density at radius 1 is 1.18 bits per heavy atom. The van der Waals surface area contributed by atoms with Crippen molar-refractivity contribution in [3.63, 3.8) is 0 Å². The van der Waals surface area contributed by atoms with Gasteiger partial charge in [-0.25, -0.2) is 13.8 Å². The highest BCUT2D eigenvalue weighted by Crippen LogP contribution is 2.28. The normalized spacial score (nSPS) is 13.2. The van der Waals surface area contributed by atoms with Gasteiger partial charge >= 0.3 is 6.18 Å². The molecular formula is C22H22F5N3O3. The summed E-state index contributed by atoms with van der Waals surface area (Å²) in [5, 5.41) is 12.3. The Bertz CT molecular complexity index is 1150. The number of aliphatic hydroxyl groups is 1. The first-order valence-electron chi connectivity index (χ1n) is 9.91. The van der Waals surface area contributed by atoms with Crippen LogP contribution in [0, 0.1) is 18.6 Å². The van der Waals surface area contributed by atoms with E-state index in [-0.39, 0.29) is 28.3 Å². The smallest absolute Gasteiger partial charge is 0.391 e. The fraction of sp³-hybridized carbons (Fsp3) is 0.364. The molecule has 1 unspecified atom stereocenters. The minimum atomic E-state index is -4.62. The zero-order valence-electron chi connectivity index (χ0n) is 18.0. The third kappa shape index (κ3) is 5.59. The Labute approximate surface area is 186 Å². The topological polar surface area (TPSA) is 75.9 Å². The number of amides is 1. The van der Waals surface area contributed by atoms with Gasteiger partial charge in [-0.3, -0.25) is 9.20 Å². The molecule has 0 bridgehead atoms. The molecule has 11 heteroatoms. The van der Waals surface area contributed by atoms with E-state index in [1.807, 2.05) is 0 Å². The number of halogens is 5. The lowest BCUT2D eigenvalue weighted by atomic mass is 9.95. The second kappa shape index (κ2) is 8.97. The van der Waals surface area contributed by atoms with Crippen molar-refractivity contribution >= 4 is 11.6 Å². The van der Waals surface area contributed by atoms with Crippen LogP contribution >= 0.6 is 0 Å². The van der Waals surface area contributed by atoms with Gasteiger partial charge in [0.2, 0.25) is 0 Å². The van der Waals surface area contributed by atoms with E-state index in [9.17, 15) is 31.9 Å². The summed E-state index contributed by atoms with van der Waals surface area (Å²) in [6, 6.07) is 4.75. The van der Waals surface area contributed by atoms with Crippen LogP contribution in [-0.4, -0.2) is 38.2 Å². The number of fused-ring (bicyclic) bond motifs is 1. The van der Waals surface area contributed by atoms with Crippen molar-refractivity contribution < 1.29 is 36.6 Å². The number of alkyl halides is 3. The van der Waals surface area contributed by atoms with Crippen LogP contribution in [0.3, 0.4) is 0 Å². The Kier molecular flexibility index (Phi) is 6.64. The number of benzene rings is 1. The Morgan fingerprint density at radius 3 is 2.39 bits per heavy atom. The fourth-order valence-electron chi connectivity index (χ4n) is 3.30. The number of pyridine rings is 1. The average molecular weight is 471 g/mol. The van der Waals surface area contributed by atoms with E-state index in [0.29, 0.717) is 0 Å². The first kappa shape index (κ1) is 24.4. The minimum Gasteiger partial charge on any atom is -0.485 e. The number of hydrogen-bond donors (Lipinski definition) is 2. The molecule has 3 aromatic rings. The van der Waals surface area contributed by atoms with E-state index in [1.54, 1.807) is 0 Å². The molecule has 0 fully saturated rings. The molecule has 33 heavy (non-hydrogen) atoms. The summed E-state index contributed by atoms with van der Waals surface area (Å²) in [6.45, 7) is 3.36. The zero-order chi connectivity index (χ0) is 24.6. The fourth-order valence-corrected chi connectivity index (χ4v) is 3.30. The van der Waals surface area contributed by atoms with Crippen LogP contribution in [0.15, 0.2) is 36.5 Å². The van der Waals surface area contributed by atoms with Crippen molar-refractivity contribution in [2.45, 2.75) is 51.6 Å². The largest absolute Gasteiger partial charge is 0.485 e. The molecule has 1 aromatic carbocycles. The van der Waals surface area contributed by atoms with E-state index < -0.39 is 48.4 Å².